The van der Waals surface area contributed by atoms with E-state index >= 15 is 0 Å². The lowest BCUT2D eigenvalue weighted by atomic mass is 10.0. The number of nitrogens with zero attached hydrogens (tertiary/aromatic N) is 1. The molecule has 1 heterocycles. The Hall–Kier alpha value is -1.97. The molecule has 1 unspecified atom stereocenters. The normalized spacial score (nSPS) is 12.4. The van der Waals surface area contributed by atoms with Crippen molar-refractivity contribution in [3.8, 4) is 0 Å². The van der Waals surface area contributed by atoms with Crippen molar-refractivity contribution in [1.82, 2.24) is 4.98 Å². The van der Waals surface area contributed by atoms with Gasteiger partial charge in [-0.3, -0.25) is 0 Å². The summed E-state index contributed by atoms with van der Waals surface area (Å²) in [6.45, 7) is 4.15. The Morgan fingerprint density at radius 2 is 1.80 bits per heavy atom. The molecule has 1 atom stereocenters. The molecule has 0 saturated carbocycles. The summed E-state index contributed by atoms with van der Waals surface area (Å²) in [4.78, 5) is 4.62. The highest BCUT2D eigenvalue weighted by Crippen LogP contribution is 2.30. The molecule has 0 fully saturated rings. The zero-order valence-corrected chi connectivity index (χ0v) is 11.9. The highest BCUT2D eigenvalue weighted by Gasteiger charge is 2.12. The van der Waals surface area contributed by atoms with Gasteiger partial charge in [-0.05, 0) is 29.7 Å². The summed E-state index contributed by atoms with van der Waals surface area (Å²) in [5.41, 5.74) is 9.41. The number of aromatic nitrogens is 1. The SMILES string of the molecule is C=C(CC(N)c1ccccc1)c1nc2ccccc2s1. The lowest BCUT2D eigenvalue weighted by Gasteiger charge is -2.12. The number of fused-ring (bicyclic) bond motifs is 1. The molecule has 0 radical (unpaired) electrons. The van der Waals surface area contributed by atoms with Crippen LogP contribution >= 0.6 is 11.3 Å². The summed E-state index contributed by atoms with van der Waals surface area (Å²) in [5, 5.41) is 0.984. The Bertz CT molecular complexity index is 698. The molecule has 0 saturated heterocycles. The molecular weight excluding hydrogens is 264 g/mol. The van der Waals surface area contributed by atoms with Gasteiger partial charge in [0.15, 0.2) is 0 Å². The molecule has 0 spiro atoms. The number of thiazole rings is 1. The largest absolute Gasteiger partial charge is 0.324 e. The molecule has 100 valence electrons. The van der Waals surface area contributed by atoms with Crippen LogP contribution in [0.4, 0.5) is 0 Å². The maximum absolute atomic E-state index is 6.24. The first-order chi connectivity index (χ1) is 9.74. The number of nitrogens with two attached hydrogens (primary N) is 1. The summed E-state index contributed by atoms with van der Waals surface area (Å²) in [7, 11) is 0. The molecule has 3 rings (SSSR count). The molecule has 2 nitrogen and oxygen atoms in total. The monoisotopic (exact) mass is 280 g/mol. The Morgan fingerprint density at radius 3 is 2.55 bits per heavy atom. The van der Waals surface area contributed by atoms with Crippen LogP contribution in [0.15, 0.2) is 61.2 Å². The minimum Gasteiger partial charge on any atom is -0.324 e. The molecule has 3 aromatic rings. The van der Waals surface area contributed by atoms with Crippen LogP contribution in [0.2, 0.25) is 0 Å². The van der Waals surface area contributed by atoms with E-state index in [1.54, 1.807) is 11.3 Å². The van der Waals surface area contributed by atoms with Gasteiger partial charge in [-0.2, -0.15) is 0 Å². The van der Waals surface area contributed by atoms with Crippen molar-refractivity contribution in [2.24, 2.45) is 5.73 Å². The fourth-order valence-corrected chi connectivity index (χ4v) is 3.14. The van der Waals surface area contributed by atoms with Gasteiger partial charge < -0.3 is 5.73 Å². The number of benzene rings is 2. The van der Waals surface area contributed by atoms with Gasteiger partial charge in [0, 0.05) is 6.04 Å². The molecule has 3 heteroatoms. The molecule has 0 aliphatic rings. The van der Waals surface area contributed by atoms with Gasteiger partial charge in [-0.1, -0.05) is 49.0 Å². The van der Waals surface area contributed by atoms with E-state index in [0.717, 1.165) is 28.1 Å². The van der Waals surface area contributed by atoms with Crippen LogP contribution in [0.5, 0.6) is 0 Å². The van der Waals surface area contributed by atoms with Gasteiger partial charge >= 0.3 is 0 Å². The maximum atomic E-state index is 6.24. The van der Waals surface area contributed by atoms with E-state index in [1.807, 2.05) is 36.4 Å². The first kappa shape index (κ1) is 13.0. The highest BCUT2D eigenvalue weighted by molar-refractivity contribution is 7.19. The van der Waals surface area contributed by atoms with E-state index in [9.17, 15) is 0 Å². The van der Waals surface area contributed by atoms with Gasteiger partial charge in [0.25, 0.3) is 0 Å². The van der Waals surface area contributed by atoms with Gasteiger partial charge in [-0.25, -0.2) is 4.98 Å². The second-order valence-electron chi connectivity index (χ2n) is 4.81. The van der Waals surface area contributed by atoms with Crippen LogP contribution in [-0.2, 0) is 0 Å². The highest BCUT2D eigenvalue weighted by atomic mass is 32.1. The van der Waals surface area contributed by atoms with Crippen LogP contribution in [0.1, 0.15) is 23.0 Å². The lowest BCUT2D eigenvalue weighted by Crippen LogP contribution is -2.10. The third-order valence-electron chi connectivity index (χ3n) is 3.29. The van der Waals surface area contributed by atoms with E-state index in [4.69, 9.17) is 5.73 Å². The number of hydrogen-bond donors (Lipinski definition) is 1. The Morgan fingerprint density at radius 1 is 1.10 bits per heavy atom. The zero-order chi connectivity index (χ0) is 13.9. The molecule has 0 aliphatic heterocycles. The van der Waals surface area contributed by atoms with Crippen LogP contribution in [0.3, 0.4) is 0 Å². The Balaban J connectivity index is 1.79. The minimum atomic E-state index is -0.0317. The third kappa shape index (κ3) is 2.64. The van der Waals surface area contributed by atoms with Crippen molar-refractivity contribution in [2.75, 3.05) is 0 Å². The fourth-order valence-electron chi connectivity index (χ4n) is 2.19. The van der Waals surface area contributed by atoms with Crippen molar-refractivity contribution in [3.63, 3.8) is 0 Å². The minimum absolute atomic E-state index is 0.0317. The topological polar surface area (TPSA) is 38.9 Å². The predicted octanol–water partition coefficient (Wildman–Crippen LogP) is 4.40. The van der Waals surface area contributed by atoms with Gasteiger partial charge in [0.05, 0.1) is 10.2 Å². The number of rotatable bonds is 4. The summed E-state index contributed by atoms with van der Waals surface area (Å²) in [5.74, 6) is 0. The quantitative estimate of drug-likeness (QED) is 0.769. The first-order valence-electron chi connectivity index (χ1n) is 6.58. The molecule has 20 heavy (non-hydrogen) atoms. The van der Waals surface area contributed by atoms with Gasteiger partial charge in [-0.15, -0.1) is 11.3 Å². The van der Waals surface area contributed by atoms with Crippen LogP contribution in [0.25, 0.3) is 15.8 Å². The number of para-hydroxylation sites is 1. The first-order valence-corrected chi connectivity index (χ1v) is 7.40. The van der Waals surface area contributed by atoms with Crippen molar-refractivity contribution < 1.29 is 0 Å². The van der Waals surface area contributed by atoms with Crippen molar-refractivity contribution >= 4 is 27.1 Å². The second kappa shape index (κ2) is 5.57. The van der Waals surface area contributed by atoms with Gasteiger partial charge in [0.1, 0.15) is 5.01 Å². The third-order valence-corrected chi connectivity index (χ3v) is 4.43. The van der Waals surface area contributed by atoms with Crippen LogP contribution in [-0.4, -0.2) is 4.98 Å². The van der Waals surface area contributed by atoms with Gasteiger partial charge in [0.2, 0.25) is 0 Å². The van der Waals surface area contributed by atoms with E-state index in [-0.39, 0.29) is 6.04 Å². The van der Waals surface area contributed by atoms with Crippen LogP contribution in [0, 0.1) is 0 Å². The molecule has 2 N–H and O–H groups in total. The fraction of sp³-hybridized carbons (Fsp3) is 0.118. The maximum Gasteiger partial charge on any atom is 0.120 e. The van der Waals surface area contributed by atoms with E-state index < -0.39 is 0 Å². The van der Waals surface area contributed by atoms with Crippen molar-refractivity contribution in [2.45, 2.75) is 12.5 Å². The molecule has 1 aromatic heterocycles. The summed E-state index contributed by atoms with van der Waals surface area (Å²) >= 11 is 1.68. The van der Waals surface area contributed by atoms with E-state index in [0.29, 0.717) is 0 Å². The number of hydrogen-bond acceptors (Lipinski definition) is 3. The average molecular weight is 280 g/mol. The Kier molecular flexibility index (Phi) is 3.63. The zero-order valence-electron chi connectivity index (χ0n) is 11.1. The van der Waals surface area contributed by atoms with E-state index in [2.05, 4.69) is 29.8 Å². The smallest absolute Gasteiger partial charge is 0.120 e. The molecular formula is C17H16N2S. The predicted molar refractivity (Wildman–Crippen MR) is 86.6 cm³/mol. The Labute approximate surface area is 122 Å². The summed E-state index contributed by atoms with van der Waals surface area (Å²) in [6.07, 6.45) is 0.726. The standard InChI is InChI=1S/C17H16N2S/c1-12(11-14(18)13-7-3-2-4-8-13)17-19-15-9-5-6-10-16(15)20-17/h2-10,14H,1,11,18H2. The average Bonchev–Trinajstić information content (AvgIpc) is 2.92. The van der Waals surface area contributed by atoms with E-state index in [1.165, 1.54) is 4.70 Å². The molecule has 2 aromatic carbocycles. The van der Waals surface area contributed by atoms with Crippen molar-refractivity contribution in [1.29, 1.82) is 0 Å². The van der Waals surface area contributed by atoms with Crippen LogP contribution < -0.4 is 5.73 Å². The molecule has 0 bridgehead atoms. The van der Waals surface area contributed by atoms with Crippen molar-refractivity contribution in [3.05, 3.63) is 71.7 Å². The summed E-state index contributed by atoms with van der Waals surface area (Å²) in [6, 6.07) is 18.2. The molecule has 0 amide bonds. The lowest BCUT2D eigenvalue weighted by molar-refractivity contribution is 0.751. The summed E-state index contributed by atoms with van der Waals surface area (Å²) < 4.78 is 1.19. The second-order valence-corrected chi connectivity index (χ2v) is 5.84. The molecule has 0 aliphatic carbocycles.